The smallest absolute Gasteiger partial charge is 0.303 e. The first-order valence-corrected chi connectivity index (χ1v) is 10.1. The van der Waals surface area contributed by atoms with Crippen molar-refractivity contribution < 1.29 is 19.8 Å². The summed E-state index contributed by atoms with van der Waals surface area (Å²) in [6.45, 7) is 0.656. The molecule has 0 saturated heterocycles. The molecule has 8 heteroatoms. The average molecular weight is 376 g/mol. The molecule has 2 atom stereocenters. The van der Waals surface area contributed by atoms with Crippen LogP contribution in [0, 0.1) is 17.8 Å². The minimum Gasteiger partial charge on any atom is -0.481 e. The van der Waals surface area contributed by atoms with Crippen LogP contribution in [0.1, 0.15) is 69.0 Å². The molecule has 1 heterocycles. The lowest BCUT2D eigenvalue weighted by Crippen LogP contribution is -2.43. The zero-order valence-electron chi connectivity index (χ0n) is 15.5. The summed E-state index contributed by atoms with van der Waals surface area (Å²) >= 11 is 0. The van der Waals surface area contributed by atoms with Crippen LogP contribution in [-0.4, -0.2) is 49.7 Å². The summed E-state index contributed by atoms with van der Waals surface area (Å²) in [7, 11) is 0. The van der Waals surface area contributed by atoms with Gasteiger partial charge in [-0.15, -0.1) is 5.10 Å². The summed E-state index contributed by atoms with van der Waals surface area (Å²) in [4.78, 5) is 22.9. The van der Waals surface area contributed by atoms with Gasteiger partial charge in [0, 0.05) is 31.0 Å². The molecule has 3 saturated carbocycles. The van der Waals surface area contributed by atoms with E-state index in [2.05, 4.69) is 15.6 Å². The molecule has 0 aromatic carbocycles. The number of nitrogens with one attached hydrogen (secondary N) is 1. The molecular weight excluding hydrogens is 348 g/mol. The number of amides is 1. The van der Waals surface area contributed by atoms with Crippen LogP contribution in [0.25, 0.3) is 0 Å². The van der Waals surface area contributed by atoms with Gasteiger partial charge < -0.3 is 15.5 Å². The minimum absolute atomic E-state index is 0.0228. The Morgan fingerprint density at radius 2 is 1.96 bits per heavy atom. The molecule has 27 heavy (non-hydrogen) atoms. The van der Waals surface area contributed by atoms with E-state index in [0.29, 0.717) is 12.5 Å². The van der Waals surface area contributed by atoms with E-state index in [9.17, 15) is 14.7 Å². The number of hydrogen-bond donors (Lipinski definition) is 3. The van der Waals surface area contributed by atoms with E-state index in [-0.39, 0.29) is 42.2 Å². The minimum atomic E-state index is -0.735. The van der Waals surface area contributed by atoms with Crippen LogP contribution >= 0.6 is 0 Å². The van der Waals surface area contributed by atoms with Gasteiger partial charge in [-0.1, -0.05) is 11.6 Å². The van der Waals surface area contributed by atoms with Gasteiger partial charge in [0.1, 0.15) is 0 Å². The summed E-state index contributed by atoms with van der Waals surface area (Å²) in [6.07, 6.45) is 8.04. The lowest BCUT2D eigenvalue weighted by molar-refractivity contribution is -0.139. The van der Waals surface area contributed by atoms with Crippen molar-refractivity contribution in [2.24, 2.45) is 17.8 Å². The first-order valence-electron chi connectivity index (χ1n) is 10.1. The van der Waals surface area contributed by atoms with Crippen molar-refractivity contribution in [1.82, 2.24) is 20.3 Å². The molecule has 0 aliphatic heterocycles. The van der Waals surface area contributed by atoms with Crippen molar-refractivity contribution in [3.63, 3.8) is 0 Å². The third-order valence-corrected chi connectivity index (χ3v) is 6.61. The maximum Gasteiger partial charge on any atom is 0.303 e. The van der Waals surface area contributed by atoms with Gasteiger partial charge in [-0.2, -0.15) is 0 Å². The van der Waals surface area contributed by atoms with Gasteiger partial charge in [-0.25, -0.2) is 4.68 Å². The monoisotopic (exact) mass is 376 g/mol. The van der Waals surface area contributed by atoms with E-state index >= 15 is 0 Å². The van der Waals surface area contributed by atoms with Crippen molar-refractivity contribution in [2.75, 3.05) is 6.54 Å². The Balaban J connectivity index is 1.17. The quantitative estimate of drug-likeness (QED) is 0.663. The number of aliphatic hydroxyl groups is 1. The molecule has 3 aliphatic rings. The maximum atomic E-state index is 12.3. The number of carboxylic acid groups (broad SMARTS) is 1. The van der Waals surface area contributed by atoms with E-state index in [4.69, 9.17) is 5.11 Å². The van der Waals surface area contributed by atoms with Crippen molar-refractivity contribution in [2.45, 2.75) is 69.4 Å². The predicted octanol–water partition coefficient (Wildman–Crippen LogP) is 1.47. The van der Waals surface area contributed by atoms with Gasteiger partial charge in [0.2, 0.25) is 5.91 Å². The highest BCUT2D eigenvalue weighted by Crippen LogP contribution is 2.40. The first kappa shape index (κ1) is 18.4. The number of carbonyl (C=O) groups is 2. The van der Waals surface area contributed by atoms with Crippen LogP contribution in [-0.2, 0) is 9.59 Å². The number of rotatable bonds is 7. The number of carboxylic acids is 1. The Morgan fingerprint density at radius 3 is 2.63 bits per heavy atom. The van der Waals surface area contributed by atoms with Crippen LogP contribution in [0.2, 0.25) is 0 Å². The molecule has 3 aliphatic carbocycles. The Hall–Kier alpha value is -1.96. The second-order valence-corrected chi connectivity index (χ2v) is 8.60. The van der Waals surface area contributed by atoms with Crippen molar-refractivity contribution in [3.05, 3.63) is 11.9 Å². The van der Waals surface area contributed by atoms with Gasteiger partial charge in [0.15, 0.2) is 0 Å². The third kappa shape index (κ3) is 4.00. The second-order valence-electron chi connectivity index (χ2n) is 8.60. The molecule has 148 valence electrons. The average Bonchev–Trinajstić information content (AvgIpc) is 3.16. The van der Waals surface area contributed by atoms with E-state index in [1.807, 2.05) is 10.9 Å². The Bertz CT molecular complexity index is 694. The summed E-state index contributed by atoms with van der Waals surface area (Å²) in [5.74, 6) is 0.184. The van der Waals surface area contributed by atoms with Crippen LogP contribution in [0.5, 0.6) is 0 Å². The lowest BCUT2D eigenvalue weighted by atomic mass is 9.73. The molecule has 1 aromatic heterocycles. The SMILES string of the molecule is O=C(O)CC1CC(CNC(=O)C2CC(n3cc([C@@H]4CCC[C@H]4O)nn3)C2)C1. The number of aromatic nitrogens is 3. The molecule has 3 fully saturated rings. The molecule has 8 nitrogen and oxygen atoms in total. The number of nitrogens with zero attached hydrogens (tertiary/aromatic N) is 3. The summed E-state index contributed by atoms with van der Waals surface area (Å²) in [5, 5.41) is 30.2. The molecule has 0 bridgehead atoms. The highest BCUT2D eigenvalue weighted by atomic mass is 16.4. The molecule has 1 aromatic rings. The van der Waals surface area contributed by atoms with Crippen LogP contribution in [0.3, 0.4) is 0 Å². The zero-order chi connectivity index (χ0) is 19.0. The lowest BCUT2D eigenvalue weighted by Gasteiger charge is -2.37. The van der Waals surface area contributed by atoms with Gasteiger partial charge in [0.05, 0.1) is 17.8 Å². The fourth-order valence-electron chi connectivity index (χ4n) is 4.79. The number of hydrogen-bond acceptors (Lipinski definition) is 5. The van der Waals surface area contributed by atoms with E-state index in [1.165, 1.54) is 0 Å². The standard InChI is InChI=1S/C19H28N4O4/c24-17-3-1-2-15(17)16-10-23(22-21-16)14-7-13(8-14)19(27)20-9-12-4-11(5-12)6-18(25)26/h10-15,17,24H,1-9H2,(H,20,27)(H,25,26)/t11?,12?,13?,14?,15-,17+/m0/s1. The zero-order valence-corrected chi connectivity index (χ0v) is 15.5. The van der Waals surface area contributed by atoms with Gasteiger partial charge in [-0.3, -0.25) is 9.59 Å². The molecule has 3 N–H and O–H groups in total. The van der Waals surface area contributed by atoms with Crippen LogP contribution < -0.4 is 5.32 Å². The number of carbonyl (C=O) groups excluding carboxylic acids is 1. The normalized spacial score (nSPS) is 35.3. The molecule has 4 rings (SSSR count). The van der Waals surface area contributed by atoms with Crippen molar-refractivity contribution >= 4 is 11.9 Å². The number of aliphatic carboxylic acids is 1. The Morgan fingerprint density at radius 1 is 1.19 bits per heavy atom. The second kappa shape index (κ2) is 7.58. The summed E-state index contributed by atoms with van der Waals surface area (Å²) in [5.41, 5.74) is 0.869. The number of aliphatic hydroxyl groups excluding tert-OH is 1. The van der Waals surface area contributed by atoms with E-state index < -0.39 is 5.97 Å². The van der Waals surface area contributed by atoms with Crippen LogP contribution in [0.15, 0.2) is 6.20 Å². The fraction of sp³-hybridized carbons (Fsp3) is 0.789. The maximum absolute atomic E-state index is 12.3. The first-order chi connectivity index (χ1) is 13.0. The van der Waals surface area contributed by atoms with Gasteiger partial charge in [0.25, 0.3) is 0 Å². The van der Waals surface area contributed by atoms with E-state index in [1.54, 1.807) is 0 Å². The largest absolute Gasteiger partial charge is 0.481 e. The molecular formula is C19H28N4O4. The Labute approximate surface area is 158 Å². The molecule has 0 spiro atoms. The molecule has 0 radical (unpaired) electrons. The van der Waals surface area contributed by atoms with Gasteiger partial charge in [-0.05, 0) is 50.4 Å². The van der Waals surface area contributed by atoms with Crippen LogP contribution in [0.4, 0.5) is 0 Å². The fourth-order valence-corrected chi connectivity index (χ4v) is 4.79. The molecule has 0 unspecified atom stereocenters. The Kier molecular flexibility index (Phi) is 5.16. The topological polar surface area (TPSA) is 117 Å². The highest BCUT2D eigenvalue weighted by molar-refractivity contribution is 5.79. The third-order valence-electron chi connectivity index (χ3n) is 6.61. The molecule has 1 amide bonds. The van der Waals surface area contributed by atoms with Crippen molar-refractivity contribution in [3.8, 4) is 0 Å². The van der Waals surface area contributed by atoms with Gasteiger partial charge >= 0.3 is 5.97 Å². The summed E-state index contributed by atoms with van der Waals surface area (Å²) in [6, 6.07) is 0.212. The van der Waals surface area contributed by atoms with E-state index in [0.717, 1.165) is 50.6 Å². The highest BCUT2D eigenvalue weighted by Gasteiger charge is 2.38. The van der Waals surface area contributed by atoms with Crippen molar-refractivity contribution in [1.29, 1.82) is 0 Å². The summed E-state index contributed by atoms with van der Waals surface area (Å²) < 4.78 is 1.85. The predicted molar refractivity (Wildman–Crippen MR) is 95.9 cm³/mol.